The van der Waals surface area contributed by atoms with E-state index in [1.807, 2.05) is 19.9 Å². The Kier molecular flexibility index (Phi) is 1.53. The highest BCUT2D eigenvalue weighted by molar-refractivity contribution is 5.39. The molecule has 0 saturated carbocycles. The fourth-order valence-corrected chi connectivity index (χ4v) is 0.820. The molecule has 0 unspecified atom stereocenters. The SMILES string of the molecule is C=C1NC(O)=C(C)C=C1C. The van der Waals surface area contributed by atoms with Crippen molar-refractivity contribution in [3.63, 3.8) is 0 Å². The summed E-state index contributed by atoms with van der Waals surface area (Å²) in [6.45, 7) is 7.50. The van der Waals surface area contributed by atoms with E-state index in [0.717, 1.165) is 16.8 Å². The summed E-state index contributed by atoms with van der Waals surface area (Å²) >= 11 is 0. The van der Waals surface area contributed by atoms with Crippen molar-refractivity contribution >= 4 is 0 Å². The Morgan fingerprint density at radius 2 is 2.10 bits per heavy atom. The number of nitrogens with one attached hydrogen (secondary N) is 1. The minimum Gasteiger partial charge on any atom is -0.494 e. The number of rotatable bonds is 0. The van der Waals surface area contributed by atoms with Crippen molar-refractivity contribution in [3.05, 3.63) is 35.4 Å². The highest BCUT2D eigenvalue weighted by atomic mass is 16.3. The molecule has 2 N–H and O–H groups in total. The number of aliphatic hydroxyl groups is 1. The Labute approximate surface area is 60.6 Å². The van der Waals surface area contributed by atoms with Gasteiger partial charge in [0.05, 0.1) is 0 Å². The average molecular weight is 137 g/mol. The van der Waals surface area contributed by atoms with Crippen LogP contribution in [0, 0.1) is 0 Å². The zero-order valence-corrected chi connectivity index (χ0v) is 6.23. The Morgan fingerprint density at radius 1 is 1.50 bits per heavy atom. The van der Waals surface area contributed by atoms with Crippen molar-refractivity contribution in [1.82, 2.24) is 5.32 Å². The van der Waals surface area contributed by atoms with Gasteiger partial charge >= 0.3 is 0 Å². The maximum Gasteiger partial charge on any atom is 0.191 e. The molecule has 0 aromatic carbocycles. The molecule has 0 aromatic rings. The van der Waals surface area contributed by atoms with E-state index in [0.29, 0.717) is 0 Å². The van der Waals surface area contributed by atoms with Crippen LogP contribution in [0.15, 0.2) is 35.4 Å². The predicted molar refractivity (Wildman–Crippen MR) is 41.4 cm³/mol. The molecule has 1 rings (SSSR count). The topological polar surface area (TPSA) is 32.3 Å². The molecule has 54 valence electrons. The van der Waals surface area contributed by atoms with Gasteiger partial charge in [-0.3, -0.25) is 0 Å². The van der Waals surface area contributed by atoms with Crippen LogP contribution in [0.1, 0.15) is 13.8 Å². The summed E-state index contributed by atoms with van der Waals surface area (Å²) in [7, 11) is 0. The molecule has 0 amide bonds. The molecular weight excluding hydrogens is 126 g/mol. The molecule has 0 spiro atoms. The van der Waals surface area contributed by atoms with Crippen LogP contribution in [0.2, 0.25) is 0 Å². The van der Waals surface area contributed by atoms with E-state index in [4.69, 9.17) is 5.11 Å². The lowest BCUT2D eigenvalue weighted by atomic mass is 10.1. The molecule has 0 atom stereocenters. The van der Waals surface area contributed by atoms with Gasteiger partial charge in [-0.25, -0.2) is 0 Å². The standard InChI is InChI=1S/C8H11NO/c1-5-4-6(2)8(10)9-7(5)3/h4,9-10H,3H2,1-2H3. The summed E-state index contributed by atoms with van der Waals surface area (Å²) in [5.74, 6) is 0.204. The number of aliphatic hydroxyl groups excluding tert-OH is 1. The van der Waals surface area contributed by atoms with E-state index >= 15 is 0 Å². The van der Waals surface area contributed by atoms with Gasteiger partial charge in [-0.1, -0.05) is 6.58 Å². The number of allylic oxidation sites excluding steroid dienone is 3. The van der Waals surface area contributed by atoms with Crippen molar-refractivity contribution in [2.24, 2.45) is 0 Å². The van der Waals surface area contributed by atoms with Gasteiger partial charge < -0.3 is 10.4 Å². The average Bonchev–Trinajstić information content (AvgIpc) is 1.84. The highest BCUT2D eigenvalue weighted by Gasteiger charge is 2.07. The van der Waals surface area contributed by atoms with Gasteiger partial charge in [0.25, 0.3) is 0 Å². The van der Waals surface area contributed by atoms with E-state index in [2.05, 4.69) is 11.9 Å². The number of hydrogen-bond donors (Lipinski definition) is 2. The van der Waals surface area contributed by atoms with Crippen molar-refractivity contribution < 1.29 is 5.11 Å². The van der Waals surface area contributed by atoms with Gasteiger partial charge in [-0.2, -0.15) is 0 Å². The molecule has 0 bridgehead atoms. The second-order valence-electron chi connectivity index (χ2n) is 2.46. The van der Waals surface area contributed by atoms with Gasteiger partial charge in [0, 0.05) is 11.3 Å². The second kappa shape index (κ2) is 2.21. The van der Waals surface area contributed by atoms with Crippen molar-refractivity contribution in [2.45, 2.75) is 13.8 Å². The van der Waals surface area contributed by atoms with Gasteiger partial charge in [0.15, 0.2) is 5.88 Å². The maximum absolute atomic E-state index is 9.13. The van der Waals surface area contributed by atoms with Crippen LogP contribution in [-0.4, -0.2) is 5.11 Å². The lowest BCUT2D eigenvalue weighted by molar-refractivity contribution is 0.371. The Hall–Kier alpha value is -1.18. The van der Waals surface area contributed by atoms with Crippen molar-refractivity contribution in [2.75, 3.05) is 0 Å². The summed E-state index contributed by atoms with van der Waals surface area (Å²) in [6.07, 6.45) is 1.90. The molecule has 0 fully saturated rings. The number of dihydropyridines is 1. The molecule has 0 aliphatic carbocycles. The minimum atomic E-state index is 0.204. The minimum absolute atomic E-state index is 0.204. The molecule has 1 aliphatic rings. The Morgan fingerprint density at radius 3 is 2.60 bits per heavy atom. The number of hydrogen-bond acceptors (Lipinski definition) is 2. The third-order valence-electron chi connectivity index (χ3n) is 1.55. The van der Waals surface area contributed by atoms with Crippen LogP contribution >= 0.6 is 0 Å². The molecule has 0 radical (unpaired) electrons. The molecule has 0 saturated heterocycles. The first-order chi connectivity index (χ1) is 4.61. The van der Waals surface area contributed by atoms with E-state index < -0.39 is 0 Å². The van der Waals surface area contributed by atoms with Gasteiger partial charge in [-0.05, 0) is 25.5 Å². The molecule has 1 aliphatic heterocycles. The quantitative estimate of drug-likeness (QED) is 0.534. The second-order valence-corrected chi connectivity index (χ2v) is 2.46. The lowest BCUT2D eigenvalue weighted by Crippen LogP contribution is -2.17. The lowest BCUT2D eigenvalue weighted by Gasteiger charge is -2.15. The molecule has 10 heavy (non-hydrogen) atoms. The first kappa shape index (κ1) is 6.93. The van der Waals surface area contributed by atoms with E-state index in [1.54, 1.807) is 0 Å². The summed E-state index contributed by atoms with van der Waals surface area (Å²) < 4.78 is 0. The monoisotopic (exact) mass is 137 g/mol. The highest BCUT2D eigenvalue weighted by Crippen LogP contribution is 2.15. The van der Waals surface area contributed by atoms with E-state index in [-0.39, 0.29) is 5.88 Å². The van der Waals surface area contributed by atoms with E-state index in [1.165, 1.54) is 0 Å². The normalized spacial score (nSPS) is 18.6. The van der Waals surface area contributed by atoms with Crippen LogP contribution in [-0.2, 0) is 0 Å². The zero-order valence-electron chi connectivity index (χ0n) is 6.23. The fraction of sp³-hybridized carbons (Fsp3) is 0.250. The third kappa shape index (κ3) is 1.05. The van der Waals surface area contributed by atoms with Crippen molar-refractivity contribution in [3.8, 4) is 0 Å². The van der Waals surface area contributed by atoms with E-state index in [9.17, 15) is 0 Å². The fourth-order valence-electron chi connectivity index (χ4n) is 0.820. The summed E-state index contributed by atoms with van der Waals surface area (Å²) in [6, 6.07) is 0. The van der Waals surface area contributed by atoms with Crippen LogP contribution in [0.4, 0.5) is 0 Å². The van der Waals surface area contributed by atoms with Gasteiger partial charge in [-0.15, -0.1) is 0 Å². The summed E-state index contributed by atoms with van der Waals surface area (Å²) in [5.41, 5.74) is 2.68. The zero-order chi connectivity index (χ0) is 7.72. The molecule has 2 heteroatoms. The largest absolute Gasteiger partial charge is 0.494 e. The first-order valence-corrected chi connectivity index (χ1v) is 3.15. The first-order valence-electron chi connectivity index (χ1n) is 3.15. The van der Waals surface area contributed by atoms with Crippen LogP contribution in [0.25, 0.3) is 0 Å². The van der Waals surface area contributed by atoms with Gasteiger partial charge in [0.1, 0.15) is 0 Å². The van der Waals surface area contributed by atoms with Crippen LogP contribution in [0.3, 0.4) is 0 Å². The summed E-state index contributed by atoms with van der Waals surface area (Å²) in [5, 5.41) is 11.9. The Balaban J connectivity index is 2.99. The Bertz CT molecular complexity index is 236. The molecular formula is C8H11NO. The van der Waals surface area contributed by atoms with Crippen LogP contribution in [0.5, 0.6) is 0 Å². The maximum atomic E-state index is 9.13. The molecule has 1 heterocycles. The van der Waals surface area contributed by atoms with Crippen LogP contribution < -0.4 is 5.32 Å². The van der Waals surface area contributed by atoms with Crippen molar-refractivity contribution in [1.29, 1.82) is 0 Å². The third-order valence-corrected chi connectivity index (χ3v) is 1.55. The summed E-state index contributed by atoms with van der Waals surface area (Å²) in [4.78, 5) is 0. The predicted octanol–water partition coefficient (Wildman–Crippen LogP) is 1.84. The molecule has 2 nitrogen and oxygen atoms in total. The smallest absolute Gasteiger partial charge is 0.191 e. The molecule has 0 aromatic heterocycles. The van der Waals surface area contributed by atoms with Gasteiger partial charge in [0.2, 0.25) is 0 Å².